The van der Waals surface area contributed by atoms with E-state index in [1.54, 1.807) is 16.4 Å². The Hall–Kier alpha value is -2.18. The van der Waals surface area contributed by atoms with Gasteiger partial charge in [-0.2, -0.15) is 4.31 Å². The number of hydrogen-bond donors (Lipinski definition) is 0. The van der Waals surface area contributed by atoms with E-state index in [0.29, 0.717) is 36.9 Å². The van der Waals surface area contributed by atoms with Crippen LogP contribution in [0.25, 0.3) is 0 Å². The zero-order chi connectivity index (χ0) is 23.1. The number of hydrogen-bond acceptors (Lipinski definition) is 3. The van der Waals surface area contributed by atoms with Crippen LogP contribution in [-0.2, 0) is 27.7 Å². The summed E-state index contributed by atoms with van der Waals surface area (Å²) in [4.78, 5) is 15.4. The molecule has 0 N–H and O–H groups in total. The summed E-state index contributed by atoms with van der Waals surface area (Å²) in [5.74, 6) is 0.215. The van der Waals surface area contributed by atoms with Crippen molar-refractivity contribution in [1.82, 2.24) is 9.21 Å². The molecule has 178 valence electrons. The fourth-order valence-corrected chi connectivity index (χ4v) is 6.61. The third-order valence-corrected chi connectivity index (χ3v) is 8.97. The van der Waals surface area contributed by atoms with Gasteiger partial charge in [-0.3, -0.25) is 4.79 Å². The van der Waals surface area contributed by atoms with E-state index < -0.39 is 10.0 Å². The molecule has 1 unspecified atom stereocenters. The average Bonchev–Trinajstić information content (AvgIpc) is 3.13. The van der Waals surface area contributed by atoms with E-state index in [1.165, 1.54) is 5.56 Å². The fourth-order valence-electron chi connectivity index (χ4n) is 5.10. The van der Waals surface area contributed by atoms with Crippen molar-refractivity contribution in [3.8, 4) is 0 Å². The minimum Gasteiger partial charge on any atom is -0.340 e. The van der Waals surface area contributed by atoms with Crippen molar-refractivity contribution in [2.75, 3.05) is 19.6 Å². The van der Waals surface area contributed by atoms with Gasteiger partial charge in [0.15, 0.2) is 0 Å². The Balaban J connectivity index is 1.30. The van der Waals surface area contributed by atoms with Crippen LogP contribution in [0.2, 0.25) is 0 Å². The predicted molar refractivity (Wildman–Crippen MR) is 131 cm³/mol. The molecule has 33 heavy (non-hydrogen) atoms. The number of carbonyl (C=O) groups excluding carboxylic acids is 1. The third kappa shape index (κ3) is 6.24. The first-order valence-corrected chi connectivity index (χ1v) is 13.9. The van der Waals surface area contributed by atoms with Gasteiger partial charge >= 0.3 is 0 Å². The SMILES string of the molecule is O=C(CCc1ccc(S(=O)(=O)N2CCCCCC2)cc1)N1CCCC1CCc1ccccc1. The highest BCUT2D eigenvalue weighted by Crippen LogP contribution is 2.24. The lowest BCUT2D eigenvalue weighted by Gasteiger charge is -2.25. The van der Waals surface area contributed by atoms with E-state index in [-0.39, 0.29) is 5.91 Å². The molecule has 4 rings (SSSR count). The Morgan fingerprint density at radius 1 is 0.788 bits per heavy atom. The number of benzene rings is 2. The van der Waals surface area contributed by atoms with E-state index in [0.717, 1.165) is 63.5 Å². The van der Waals surface area contributed by atoms with E-state index >= 15 is 0 Å². The van der Waals surface area contributed by atoms with Crippen molar-refractivity contribution in [3.05, 3.63) is 65.7 Å². The van der Waals surface area contributed by atoms with Gasteiger partial charge in [-0.1, -0.05) is 55.3 Å². The van der Waals surface area contributed by atoms with Crippen molar-refractivity contribution in [1.29, 1.82) is 0 Å². The van der Waals surface area contributed by atoms with Crippen molar-refractivity contribution >= 4 is 15.9 Å². The van der Waals surface area contributed by atoms with E-state index in [9.17, 15) is 13.2 Å². The van der Waals surface area contributed by atoms with Gasteiger partial charge in [0.1, 0.15) is 0 Å². The average molecular weight is 469 g/mol. The smallest absolute Gasteiger partial charge is 0.243 e. The van der Waals surface area contributed by atoms with Crippen LogP contribution in [0.5, 0.6) is 0 Å². The van der Waals surface area contributed by atoms with Crippen LogP contribution in [0.3, 0.4) is 0 Å². The fraction of sp³-hybridized carbons (Fsp3) is 0.519. The molecular weight excluding hydrogens is 432 g/mol. The number of amides is 1. The van der Waals surface area contributed by atoms with Crippen LogP contribution in [0, 0.1) is 0 Å². The molecule has 2 aliphatic heterocycles. The maximum atomic E-state index is 13.0. The molecule has 2 aliphatic rings. The predicted octanol–water partition coefficient (Wildman–Crippen LogP) is 4.81. The molecule has 2 fully saturated rings. The van der Waals surface area contributed by atoms with Gasteiger partial charge in [0.25, 0.3) is 0 Å². The number of rotatable bonds is 8. The number of likely N-dealkylation sites (tertiary alicyclic amines) is 1. The minimum atomic E-state index is -3.42. The lowest BCUT2D eigenvalue weighted by Crippen LogP contribution is -2.36. The Morgan fingerprint density at radius 2 is 1.45 bits per heavy atom. The summed E-state index contributed by atoms with van der Waals surface area (Å²) >= 11 is 0. The van der Waals surface area contributed by atoms with E-state index in [4.69, 9.17) is 0 Å². The van der Waals surface area contributed by atoms with Gasteiger partial charge in [0.05, 0.1) is 4.90 Å². The van der Waals surface area contributed by atoms with E-state index in [1.807, 2.05) is 18.2 Å². The van der Waals surface area contributed by atoms with Crippen molar-refractivity contribution in [2.45, 2.75) is 75.1 Å². The highest BCUT2D eigenvalue weighted by Gasteiger charge is 2.28. The molecule has 2 aromatic carbocycles. The van der Waals surface area contributed by atoms with Crippen LogP contribution in [-0.4, -0.2) is 49.2 Å². The summed E-state index contributed by atoms with van der Waals surface area (Å²) in [7, 11) is -3.42. The van der Waals surface area contributed by atoms with Gasteiger partial charge in [-0.05, 0) is 68.2 Å². The molecule has 1 atom stereocenters. The molecule has 0 radical (unpaired) electrons. The number of nitrogens with zero attached hydrogens (tertiary/aromatic N) is 2. The molecule has 0 aliphatic carbocycles. The minimum absolute atomic E-state index is 0.215. The molecule has 2 heterocycles. The van der Waals surface area contributed by atoms with Crippen LogP contribution in [0.4, 0.5) is 0 Å². The summed E-state index contributed by atoms with van der Waals surface area (Å²) in [6.07, 6.45) is 9.36. The summed E-state index contributed by atoms with van der Waals surface area (Å²) in [5.41, 5.74) is 2.34. The Labute approximate surface area is 198 Å². The van der Waals surface area contributed by atoms with Crippen molar-refractivity contribution in [2.24, 2.45) is 0 Å². The lowest BCUT2D eigenvalue weighted by molar-refractivity contribution is -0.132. The lowest BCUT2D eigenvalue weighted by atomic mass is 10.0. The number of aryl methyl sites for hydroxylation is 2. The highest BCUT2D eigenvalue weighted by molar-refractivity contribution is 7.89. The molecule has 2 saturated heterocycles. The van der Waals surface area contributed by atoms with Crippen molar-refractivity contribution < 1.29 is 13.2 Å². The second kappa shape index (κ2) is 11.3. The molecule has 1 amide bonds. The third-order valence-electron chi connectivity index (χ3n) is 7.06. The molecule has 0 aromatic heterocycles. The first-order valence-electron chi connectivity index (χ1n) is 12.5. The van der Waals surface area contributed by atoms with Crippen LogP contribution in [0.15, 0.2) is 59.5 Å². The van der Waals surface area contributed by atoms with Crippen LogP contribution >= 0.6 is 0 Å². The maximum absolute atomic E-state index is 13.0. The van der Waals surface area contributed by atoms with Crippen molar-refractivity contribution in [3.63, 3.8) is 0 Å². The summed E-state index contributed by atoms with van der Waals surface area (Å²) < 4.78 is 27.5. The zero-order valence-corrected chi connectivity index (χ0v) is 20.3. The molecule has 6 heteroatoms. The highest BCUT2D eigenvalue weighted by atomic mass is 32.2. The topological polar surface area (TPSA) is 57.7 Å². The number of carbonyl (C=O) groups is 1. The number of sulfonamides is 1. The first-order chi connectivity index (χ1) is 16.0. The Morgan fingerprint density at radius 3 is 2.15 bits per heavy atom. The second-order valence-electron chi connectivity index (χ2n) is 9.37. The maximum Gasteiger partial charge on any atom is 0.243 e. The van der Waals surface area contributed by atoms with Gasteiger partial charge in [-0.25, -0.2) is 8.42 Å². The van der Waals surface area contributed by atoms with Gasteiger partial charge in [0, 0.05) is 32.1 Å². The van der Waals surface area contributed by atoms with Crippen LogP contribution < -0.4 is 0 Å². The molecule has 5 nitrogen and oxygen atoms in total. The van der Waals surface area contributed by atoms with Gasteiger partial charge in [0.2, 0.25) is 15.9 Å². The first kappa shape index (κ1) is 24.0. The second-order valence-corrected chi connectivity index (χ2v) is 11.3. The van der Waals surface area contributed by atoms with Crippen LogP contribution in [0.1, 0.15) is 62.5 Å². The molecular formula is C27H36N2O3S. The normalized spacial score (nSPS) is 20.0. The quantitative estimate of drug-likeness (QED) is 0.559. The Bertz CT molecular complexity index is 997. The summed E-state index contributed by atoms with van der Waals surface area (Å²) in [5, 5.41) is 0. The van der Waals surface area contributed by atoms with E-state index in [2.05, 4.69) is 29.2 Å². The molecule has 2 aromatic rings. The standard InChI is InChI=1S/C27H36N2O3S/c30-27(29-22-8-11-25(29)16-12-23-9-4-3-5-10-23)19-15-24-13-17-26(18-14-24)33(31,32)28-20-6-1-2-7-21-28/h3-5,9-10,13-14,17-18,25H,1-2,6-8,11-12,15-16,19-22H2. The van der Waals surface area contributed by atoms with Gasteiger partial charge in [-0.15, -0.1) is 0 Å². The molecule has 0 saturated carbocycles. The monoisotopic (exact) mass is 468 g/mol. The summed E-state index contributed by atoms with van der Waals surface area (Å²) in [6, 6.07) is 18.0. The zero-order valence-electron chi connectivity index (χ0n) is 19.5. The largest absolute Gasteiger partial charge is 0.340 e. The Kier molecular flexibility index (Phi) is 8.20. The molecule has 0 spiro atoms. The summed E-state index contributed by atoms with van der Waals surface area (Å²) in [6.45, 7) is 2.07. The molecule has 0 bridgehead atoms. The van der Waals surface area contributed by atoms with Gasteiger partial charge < -0.3 is 4.90 Å².